The van der Waals surface area contributed by atoms with Crippen LogP contribution < -0.4 is 15.5 Å². The van der Waals surface area contributed by atoms with Gasteiger partial charge in [0.1, 0.15) is 5.75 Å². The largest absolute Gasteiger partial charge is 0.423 e. The van der Waals surface area contributed by atoms with Gasteiger partial charge in [-0.05, 0) is 66.2 Å². The number of carbonyl (C=O) groups excluding carboxylic acids is 3. The van der Waals surface area contributed by atoms with Crippen LogP contribution in [0.2, 0.25) is 10.0 Å². The van der Waals surface area contributed by atoms with Gasteiger partial charge >= 0.3 is 17.8 Å². The van der Waals surface area contributed by atoms with Crippen LogP contribution in [0.25, 0.3) is 0 Å². The summed E-state index contributed by atoms with van der Waals surface area (Å²) < 4.78 is 5.28. The van der Waals surface area contributed by atoms with E-state index in [2.05, 4.69) is 15.8 Å². The number of amides is 2. The van der Waals surface area contributed by atoms with Crippen molar-refractivity contribution in [2.75, 3.05) is 5.32 Å². The minimum atomic E-state index is -0.934. The SMILES string of the molecule is O=C(N/N=C\c1ccc(OC(=O)c2ccccc2Cl)cc1)C(=O)Nc1ccc(Cl)cc1. The lowest BCUT2D eigenvalue weighted by atomic mass is 10.2. The number of hydrogen-bond donors (Lipinski definition) is 2. The van der Waals surface area contributed by atoms with Gasteiger partial charge in [-0.15, -0.1) is 0 Å². The van der Waals surface area contributed by atoms with Gasteiger partial charge in [-0.3, -0.25) is 9.59 Å². The first-order chi connectivity index (χ1) is 14.9. The maximum Gasteiger partial charge on any atom is 0.345 e. The van der Waals surface area contributed by atoms with Crippen molar-refractivity contribution in [3.8, 4) is 5.75 Å². The number of hydrazone groups is 1. The zero-order valence-corrected chi connectivity index (χ0v) is 17.4. The Morgan fingerprint density at radius 3 is 2.19 bits per heavy atom. The van der Waals surface area contributed by atoms with Crippen LogP contribution in [0.3, 0.4) is 0 Å². The molecule has 0 aromatic heterocycles. The third-order valence-electron chi connectivity index (χ3n) is 3.87. The third kappa shape index (κ3) is 6.40. The minimum absolute atomic E-state index is 0.259. The summed E-state index contributed by atoms with van der Waals surface area (Å²) in [7, 11) is 0. The monoisotopic (exact) mass is 455 g/mol. The molecule has 0 heterocycles. The third-order valence-corrected chi connectivity index (χ3v) is 4.45. The highest BCUT2D eigenvalue weighted by Gasteiger charge is 2.13. The zero-order valence-electron chi connectivity index (χ0n) is 15.8. The Kier molecular flexibility index (Phi) is 7.37. The van der Waals surface area contributed by atoms with Crippen molar-refractivity contribution >= 4 is 52.9 Å². The summed E-state index contributed by atoms with van der Waals surface area (Å²) in [6.45, 7) is 0. The van der Waals surface area contributed by atoms with Crippen LogP contribution in [0, 0.1) is 0 Å². The van der Waals surface area contributed by atoms with Crippen LogP contribution in [0.5, 0.6) is 5.75 Å². The molecule has 0 atom stereocenters. The molecule has 3 aromatic rings. The standard InChI is InChI=1S/C22H15Cl2N3O4/c23-15-7-9-16(10-8-15)26-20(28)21(29)27-25-13-14-5-11-17(12-6-14)31-22(30)18-3-1-2-4-19(18)24/h1-13H,(H,26,28)(H,27,29)/b25-13-. The van der Waals surface area contributed by atoms with E-state index < -0.39 is 17.8 Å². The maximum atomic E-state index is 12.2. The van der Waals surface area contributed by atoms with E-state index in [1.165, 1.54) is 6.21 Å². The number of anilines is 1. The smallest absolute Gasteiger partial charge is 0.345 e. The number of rotatable bonds is 5. The molecule has 0 saturated carbocycles. The van der Waals surface area contributed by atoms with Gasteiger partial charge in [0, 0.05) is 10.7 Å². The molecule has 3 rings (SSSR count). The fourth-order valence-corrected chi connectivity index (χ4v) is 2.69. The molecule has 0 aliphatic rings. The average Bonchev–Trinajstić information content (AvgIpc) is 2.76. The summed E-state index contributed by atoms with van der Waals surface area (Å²) in [5.41, 5.74) is 3.42. The second-order valence-corrected chi connectivity index (χ2v) is 6.94. The van der Waals surface area contributed by atoms with Gasteiger partial charge in [-0.2, -0.15) is 5.10 Å². The van der Waals surface area contributed by atoms with Crippen LogP contribution in [0.15, 0.2) is 77.9 Å². The van der Waals surface area contributed by atoms with Crippen molar-refractivity contribution in [1.29, 1.82) is 0 Å². The molecular formula is C22H15Cl2N3O4. The van der Waals surface area contributed by atoms with Crippen molar-refractivity contribution in [3.63, 3.8) is 0 Å². The van der Waals surface area contributed by atoms with Gasteiger partial charge in [0.15, 0.2) is 0 Å². The molecule has 2 N–H and O–H groups in total. The lowest BCUT2D eigenvalue weighted by molar-refractivity contribution is -0.136. The normalized spacial score (nSPS) is 10.5. The van der Waals surface area contributed by atoms with Gasteiger partial charge in [-0.1, -0.05) is 35.3 Å². The fourth-order valence-electron chi connectivity index (χ4n) is 2.35. The molecule has 0 fully saturated rings. The predicted octanol–water partition coefficient (Wildman–Crippen LogP) is 4.30. The number of carbonyl (C=O) groups is 3. The van der Waals surface area contributed by atoms with E-state index >= 15 is 0 Å². The molecule has 0 aliphatic carbocycles. The Morgan fingerprint density at radius 2 is 1.52 bits per heavy atom. The highest BCUT2D eigenvalue weighted by atomic mass is 35.5. The summed E-state index contributed by atoms with van der Waals surface area (Å²) >= 11 is 11.7. The minimum Gasteiger partial charge on any atom is -0.423 e. The summed E-state index contributed by atoms with van der Waals surface area (Å²) in [4.78, 5) is 35.8. The lowest BCUT2D eigenvalue weighted by Crippen LogP contribution is -2.32. The molecule has 0 spiro atoms. The van der Waals surface area contributed by atoms with Crippen molar-refractivity contribution in [2.24, 2.45) is 5.10 Å². The highest BCUT2D eigenvalue weighted by molar-refractivity contribution is 6.39. The van der Waals surface area contributed by atoms with E-state index in [-0.39, 0.29) is 5.56 Å². The van der Waals surface area contributed by atoms with Crippen molar-refractivity contribution in [3.05, 3.63) is 94.0 Å². The van der Waals surface area contributed by atoms with Gasteiger partial charge in [0.25, 0.3) is 0 Å². The first kappa shape index (κ1) is 22.0. The van der Waals surface area contributed by atoms with Crippen molar-refractivity contribution in [2.45, 2.75) is 0 Å². The molecule has 0 radical (unpaired) electrons. The second-order valence-electron chi connectivity index (χ2n) is 6.10. The quantitative estimate of drug-likeness (QED) is 0.197. The number of nitrogens with one attached hydrogen (secondary N) is 2. The number of benzene rings is 3. The Hall–Kier alpha value is -3.68. The zero-order chi connectivity index (χ0) is 22.2. The molecule has 0 unspecified atom stereocenters. The van der Waals surface area contributed by atoms with E-state index in [9.17, 15) is 14.4 Å². The van der Waals surface area contributed by atoms with Crippen LogP contribution >= 0.6 is 23.2 Å². The van der Waals surface area contributed by atoms with E-state index in [4.69, 9.17) is 27.9 Å². The summed E-state index contributed by atoms with van der Waals surface area (Å²) in [5, 5.41) is 6.96. The second kappa shape index (κ2) is 10.4. The Morgan fingerprint density at radius 1 is 0.839 bits per heavy atom. The predicted molar refractivity (Wildman–Crippen MR) is 119 cm³/mol. The van der Waals surface area contributed by atoms with E-state index in [1.807, 2.05) is 0 Å². The molecule has 2 amide bonds. The van der Waals surface area contributed by atoms with E-state index in [0.29, 0.717) is 27.0 Å². The lowest BCUT2D eigenvalue weighted by Gasteiger charge is -2.06. The number of halogens is 2. The summed E-state index contributed by atoms with van der Waals surface area (Å²) in [6, 6.07) is 19.2. The van der Waals surface area contributed by atoms with E-state index in [0.717, 1.165) is 0 Å². The van der Waals surface area contributed by atoms with Crippen molar-refractivity contribution in [1.82, 2.24) is 5.43 Å². The van der Waals surface area contributed by atoms with Crippen LogP contribution in [0.1, 0.15) is 15.9 Å². The molecule has 9 heteroatoms. The summed E-state index contributed by atoms with van der Waals surface area (Å²) in [5.74, 6) is -2.07. The van der Waals surface area contributed by atoms with Crippen molar-refractivity contribution < 1.29 is 19.1 Å². The Balaban J connectivity index is 1.51. The van der Waals surface area contributed by atoms with Gasteiger partial charge in [0.2, 0.25) is 0 Å². The Labute approximate surface area is 187 Å². The molecule has 3 aromatic carbocycles. The molecule has 156 valence electrons. The highest BCUT2D eigenvalue weighted by Crippen LogP contribution is 2.19. The number of hydrogen-bond acceptors (Lipinski definition) is 5. The number of ether oxygens (including phenoxy) is 1. The molecule has 0 bridgehead atoms. The fraction of sp³-hybridized carbons (Fsp3) is 0. The van der Waals surface area contributed by atoms with Crippen LogP contribution in [0.4, 0.5) is 5.69 Å². The first-order valence-corrected chi connectivity index (χ1v) is 9.65. The van der Waals surface area contributed by atoms with Gasteiger partial charge in [0.05, 0.1) is 16.8 Å². The molecular weight excluding hydrogens is 441 g/mol. The molecule has 0 saturated heterocycles. The molecule has 7 nitrogen and oxygen atoms in total. The summed E-state index contributed by atoms with van der Waals surface area (Å²) in [6.07, 6.45) is 1.34. The first-order valence-electron chi connectivity index (χ1n) is 8.89. The number of esters is 1. The van der Waals surface area contributed by atoms with Crippen LogP contribution in [-0.4, -0.2) is 24.0 Å². The number of nitrogens with zero attached hydrogens (tertiary/aromatic N) is 1. The van der Waals surface area contributed by atoms with Gasteiger partial charge in [-0.25, -0.2) is 10.2 Å². The topological polar surface area (TPSA) is 96.9 Å². The molecule has 0 aliphatic heterocycles. The Bertz CT molecular complexity index is 1130. The molecule has 31 heavy (non-hydrogen) atoms. The van der Waals surface area contributed by atoms with Gasteiger partial charge < -0.3 is 10.1 Å². The van der Waals surface area contributed by atoms with E-state index in [1.54, 1.807) is 72.8 Å². The average molecular weight is 456 g/mol. The van der Waals surface area contributed by atoms with Crippen LogP contribution in [-0.2, 0) is 9.59 Å². The maximum absolute atomic E-state index is 12.2.